The molecule has 1 unspecified atom stereocenters. The Kier molecular flexibility index (Phi) is 4.26. The number of primary amides is 1. The highest BCUT2D eigenvalue weighted by molar-refractivity contribution is 5.93. The molecular weight excluding hydrogens is 272 g/mol. The van der Waals surface area contributed by atoms with E-state index >= 15 is 0 Å². The summed E-state index contributed by atoms with van der Waals surface area (Å²) in [7, 11) is 0. The van der Waals surface area contributed by atoms with Crippen LogP contribution in [0.1, 0.15) is 34.3 Å². The lowest BCUT2D eigenvalue weighted by molar-refractivity contribution is -0.147. The second-order valence-electron chi connectivity index (χ2n) is 5.35. The standard InChI is InChI=1S/C15H18N2O4/c1-9-6-10(14(16)19)2-3-11(9)7-17-8-12(15(20)21)4-5-13(17)18/h2-3,6,12H,4-5,7-8H2,1H3,(H2,16,19)(H,20,21). The molecule has 3 N–H and O–H groups in total. The molecule has 21 heavy (non-hydrogen) atoms. The van der Waals surface area contributed by atoms with E-state index < -0.39 is 17.8 Å². The number of hydrogen-bond donors (Lipinski definition) is 2. The van der Waals surface area contributed by atoms with E-state index in [2.05, 4.69) is 0 Å². The maximum atomic E-state index is 11.9. The predicted octanol–water partition coefficient (Wildman–Crippen LogP) is 0.917. The van der Waals surface area contributed by atoms with Crippen LogP contribution in [-0.4, -0.2) is 34.3 Å². The van der Waals surface area contributed by atoms with Gasteiger partial charge in [0.1, 0.15) is 0 Å². The largest absolute Gasteiger partial charge is 0.481 e. The number of aliphatic carboxylic acids is 1. The maximum Gasteiger partial charge on any atom is 0.308 e. The van der Waals surface area contributed by atoms with Crippen molar-refractivity contribution in [2.45, 2.75) is 26.3 Å². The first kappa shape index (κ1) is 15.0. The molecule has 0 radical (unpaired) electrons. The van der Waals surface area contributed by atoms with Gasteiger partial charge in [0, 0.05) is 25.1 Å². The number of carboxylic acids is 1. The first-order valence-corrected chi connectivity index (χ1v) is 6.78. The molecular formula is C15H18N2O4. The first-order chi connectivity index (χ1) is 9.88. The second kappa shape index (κ2) is 5.95. The molecule has 2 rings (SSSR count). The molecule has 1 aromatic carbocycles. The first-order valence-electron chi connectivity index (χ1n) is 6.78. The molecule has 0 aromatic heterocycles. The van der Waals surface area contributed by atoms with Crippen LogP contribution in [-0.2, 0) is 16.1 Å². The van der Waals surface area contributed by atoms with Gasteiger partial charge < -0.3 is 15.7 Å². The summed E-state index contributed by atoms with van der Waals surface area (Å²) in [6, 6.07) is 5.06. The van der Waals surface area contributed by atoms with Crippen LogP contribution in [0.2, 0.25) is 0 Å². The molecule has 2 amide bonds. The highest BCUT2D eigenvalue weighted by Crippen LogP contribution is 2.21. The Morgan fingerprint density at radius 1 is 1.43 bits per heavy atom. The summed E-state index contributed by atoms with van der Waals surface area (Å²) in [5, 5.41) is 9.07. The molecule has 6 heteroatoms. The summed E-state index contributed by atoms with van der Waals surface area (Å²) in [6.07, 6.45) is 0.652. The average molecular weight is 290 g/mol. The van der Waals surface area contributed by atoms with E-state index in [1.807, 2.05) is 6.92 Å². The van der Waals surface area contributed by atoms with Crippen LogP contribution in [0.15, 0.2) is 18.2 Å². The minimum absolute atomic E-state index is 0.0362. The lowest BCUT2D eigenvalue weighted by Gasteiger charge is -2.31. The van der Waals surface area contributed by atoms with Crippen LogP contribution in [0.3, 0.4) is 0 Å². The van der Waals surface area contributed by atoms with Crippen LogP contribution in [0.4, 0.5) is 0 Å². The van der Waals surface area contributed by atoms with Gasteiger partial charge in [0.25, 0.3) is 0 Å². The zero-order valence-electron chi connectivity index (χ0n) is 11.8. The van der Waals surface area contributed by atoms with Crippen LogP contribution in [0.25, 0.3) is 0 Å². The highest BCUT2D eigenvalue weighted by Gasteiger charge is 2.30. The van der Waals surface area contributed by atoms with Gasteiger partial charge in [0.2, 0.25) is 11.8 Å². The number of aryl methyl sites for hydroxylation is 1. The van der Waals surface area contributed by atoms with E-state index in [1.165, 1.54) is 0 Å². The summed E-state index contributed by atoms with van der Waals surface area (Å²) in [5.74, 6) is -1.91. The minimum atomic E-state index is -0.867. The van der Waals surface area contributed by atoms with Crippen molar-refractivity contribution in [1.82, 2.24) is 4.90 Å². The maximum absolute atomic E-state index is 11.9. The van der Waals surface area contributed by atoms with E-state index in [4.69, 9.17) is 10.8 Å². The number of piperidine rings is 1. The molecule has 1 aliphatic heterocycles. The van der Waals surface area contributed by atoms with Gasteiger partial charge in [0.05, 0.1) is 5.92 Å². The molecule has 112 valence electrons. The molecule has 1 saturated heterocycles. The molecule has 1 aliphatic rings. The summed E-state index contributed by atoms with van der Waals surface area (Å²) in [4.78, 5) is 35.6. The number of rotatable bonds is 4. The van der Waals surface area contributed by atoms with E-state index in [0.717, 1.165) is 11.1 Å². The van der Waals surface area contributed by atoms with Crippen molar-refractivity contribution < 1.29 is 19.5 Å². The van der Waals surface area contributed by atoms with Crippen LogP contribution in [0.5, 0.6) is 0 Å². The Morgan fingerprint density at radius 3 is 2.71 bits per heavy atom. The van der Waals surface area contributed by atoms with Crippen molar-refractivity contribution >= 4 is 17.8 Å². The van der Waals surface area contributed by atoms with Gasteiger partial charge in [-0.3, -0.25) is 14.4 Å². The smallest absolute Gasteiger partial charge is 0.308 e. The average Bonchev–Trinajstić information content (AvgIpc) is 2.42. The van der Waals surface area contributed by atoms with Gasteiger partial charge in [0.15, 0.2) is 0 Å². The number of carbonyl (C=O) groups excluding carboxylic acids is 2. The van der Waals surface area contributed by atoms with E-state index in [-0.39, 0.29) is 18.9 Å². The molecule has 1 heterocycles. The quantitative estimate of drug-likeness (QED) is 0.860. The molecule has 0 saturated carbocycles. The van der Waals surface area contributed by atoms with Crippen molar-refractivity contribution in [1.29, 1.82) is 0 Å². The van der Waals surface area contributed by atoms with Crippen molar-refractivity contribution in [3.63, 3.8) is 0 Å². The Labute approximate surface area is 122 Å². The van der Waals surface area contributed by atoms with Crippen molar-refractivity contribution in [2.75, 3.05) is 6.54 Å². The molecule has 6 nitrogen and oxygen atoms in total. The normalized spacial score (nSPS) is 18.6. The number of benzene rings is 1. The van der Waals surface area contributed by atoms with Crippen LogP contribution < -0.4 is 5.73 Å². The topological polar surface area (TPSA) is 101 Å². The van der Waals surface area contributed by atoms with Gasteiger partial charge in [-0.1, -0.05) is 6.07 Å². The summed E-state index contributed by atoms with van der Waals surface area (Å²) < 4.78 is 0. The molecule has 1 atom stereocenters. The predicted molar refractivity (Wildman–Crippen MR) is 75.5 cm³/mol. The molecule has 0 bridgehead atoms. The zero-order chi connectivity index (χ0) is 15.6. The Balaban J connectivity index is 2.14. The number of carbonyl (C=O) groups is 3. The Bertz CT molecular complexity index is 597. The Morgan fingerprint density at radius 2 is 2.14 bits per heavy atom. The fourth-order valence-electron chi connectivity index (χ4n) is 2.50. The van der Waals surface area contributed by atoms with E-state index in [1.54, 1.807) is 23.1 Å². The lowest BCUT2D eigenvalue weighted by Crippen LogP contribution is -2.42. The Hall–Kier alpha value is -2.37. The third-order valence-electron chi connectivity index (χ3n) is 3.84. The van der Waals surface area contributed by atoms with Crippen molar-refractivity contribution in [2.24, 2.45) is 11.7 Å². The van der Waals surface area contributed by atoms with Gasteiger partial charge in [-0.2, -0.15) is 0 Å². The summed E-state index contributed by atoms with van der Waals surface area (Å²) >= 11 is 0. The number of amides is 2. The van der Waals surface area contributed by atoms with Gasteiger partial charge >= 0.3 is 5.97 Å². The van der Waals surface area contributed by atoms with Crippen molar-refractivity contribution in [3.8, 4) is 0 Å². The fraction of sp³-hybridized carbons (Fsp3) is 0.400. The highest BCUT2D eigenvalue weighted by atomic mass is 16.4. The number of nitrogens with zero attached hydrogens (tertiary/aromatic N) is 1. The molecule has 1 fully saturated rings. The number of nitrogens with two attached hydrogens (primary N) is 1. The summed E-state index contributed by atoms with van der Waals surface area (Å²) in [6.45, 7) is 2.42. The van der Waals surface area contributed by atoms with Gasteiger partial charge in [-0.25, -0.2) is 0 Å². The van der Waals surface area contributed by atoms with E-state index in [0.29, 0.717) is 18.5 Å². The van der Waals surface area contributed by atoms with Gasteiger partial charge in [-0.15, -0.1) is 0 Å². The molecule has 1 aromatic rings. The molecule has 0 aliphatic carbocycles. The summed E-state index contributed by atoms with van der Waals surface area (Å²) in [5.41, 5.74) is 7.39. The lowest BCUT2D eigenvalue weighted by atomic mass is 9.96. The van der Waals surface area contributed by atoms with E-state index in [9.17, 15) is 14.4 Å². The number of likely N-dealkylation sites (tertiary alicyclic amines) is 1. The minimum Gasteiger partial charge on any atom is -0.481 e. The van der Waals surface area contributed by atoms with Crippen molar-refractivity contribution in [3.05, 3.63) is 34.9 Å². The molecule has 0 spiro atoms. The van der Waals surface area contributed by atoms with Crippen LogP contribution >= 0.6 is 0 Å². The van der Waals surface area contributed by atoms with Gasteiger partial charge in [-0.05, 0) is 36.6 Å². The zero-order valence-corrected chi connectivity index (χ0v) is 11.8. The monoisotopic (exact) mass is 290 g/mol. The third kappa shape index (κ3) is 3.39. The SMILES string of the molecule is Cc1cc(C(N)=O)ccc1CN1CC(C(=O)O)CCC1=O. The third-order valence-corrected chi connectivity index (χ3v) is 3.84. The van der Waals surface area contributed by atoms with Crippen LogP contribution in [0, 0.1) is 12.8 Å². The number of hydrogen-bond acceptors (Lipinski definition) is 3. The number of carboxylic acid groups (broad SMARTS) is 1. The second-order valence-corrected chi connectivity index (χ2v) is 5.35. The fourth-order valence-corrected chi connectivity index (χ4v) is 2.50.